The van der Waals surface area contributed by atoms with E-state index in [1.165, 1.54) is 38.7 Å². The van der Waals surface area contributed by atoms with Gasteiger partial charge in [0.1, 0.15) is 23.0 Å². The van der Waals surface area contributed by atoms with E-state index < -0.39 is 0 Å². The molecule has 0 fully saturated rings. The molecular formula is C57H43N9O5S3. The smallest absolute Gasteiger partial charge is 0.307 e. The van der Waals surface area contributed by atoms with E-state index in [4.69, 9.17) is 9.47 Å². The van der Waals surface area contributed by atoms with Crippen molar-refractivity contribution in [1.29, 1.82) is 0 Å². The lowest BCUT2D eigenvalue weighted by atomic mass is 10.1. The van der Waals surface area contributed by atoms with Gasteiger partial charge in [0.25, 0.3) is 11.8 Å². The summed E-state index contributed by atoms with van der Waals surface area (Å²) < 4.78 is 13.6. The predicted molar refractivity (Wildman–Crippen MR) is 296 cm³/mol. The number of fused-ring (bicyclic) bond motifs is 2. The summed E-state index contributed by atoms with van der Waals surface area (Å²) in [5, 5.41) is 20.8. The summed E-state index contributed by atoms with van der Waals surface area (Å²) in [5.41, 5.74) is 6.34. The lowest BCUT2D eigenvalue weighted by molar-refractivity contribution is 0.0948. The van der Waals surface area contributed by atoms with Gasteiger partial charge in [0, 0.05) is 79.6 Å². The van der Waals surface area contributed by atoms with Gasteiger partial charge in [-0.3, -0.25) is 19.5 Å². The Morgan fingerprint density at radius 2 is 1.00 bits per heavy atom. The fraction of sp³-hybridized carbons (Fsp3) is 0.0526. The number of nitrogens with one attached hydrogen (secondary N) is 3. The average Bonchev–Trinajstić information content (AvgIpc) is 4.28. The maximum absolute atomic E-state index is 13.4. The molecule has 5 aromatic heterocycles. The zero-order valence-corrected chi connectivity index (χ0v) is 42.3. The number of anilines is 2. The number of aryl methyl sites for hydroxylation is 3. The summed E-state index contributed by atoms with van der Waals surface area (Å²) in [7, 11) is 0. The molecule has 0 bridgehead atoms. The number of hydrogen-bond acceptors (Lipinski definition) is 13. The minimum absolute atomic E-state index is 0.236. The highest BCUT2D eigenvalue weighted by atomic mass is 32.1. The Hall–Kier alpha value is -9.16. The molecule has 2 amide bonds. The maximum Gasteiger partial charge on any atom is 0.307 e. The van der Waals surface area contributed by atoms with Gasteiger partial charge in [0.15, 0.2) is 15.0 Å². The average molecular weight is 1030 g/mol. The third-order valence-electron chi connectivity index (χ3n) is 11.0. The molecule has 74 heavy (non-hydrogen) atoms. The number of carbonyl (C=O) groups excluding carboxylic acids is 3. The van der Waals surface area contributed by atoms with Gasteiger partial charge < -0.3 is 20.1 Å². The molecule has 0 atom stereocenters. The fourth-order valence-electron chi connectivity index (χ4n) is 7.53. The standard InChI is InChI=1S/C31H23N5O3S2.C26H20N4O2S/c1-19-17-32-29(40-19)28(37)34-22-9-6-10-23(15-22)39-24-12-13-25-26(14-11-21-7-4-3-5-8-21)35-36(27(25)16-24)31(38)30-33-18-20(2)41-30;1-17-16-27-26(33-17)25(31)28-19-8-5-9-20(14-19)32-21-11-12-22-23(29-30-24(22)15-21)13-10-18-6-3-2-4-7-18/h3-18H,1-2H3,(H,34,37);2-16H,1H3,(H,28,31)(H,29,30)/b14-11+;13-10+. The Morgan fingerprint density at radius 3 is 1.53 bits per heavy atom. The van der Waals surface area contributed by atoms with Crippen molar-refractivity contribution >= 4 is 109 Å². The monoisotopic (exact) mass is 1030 g/mol. The van der Waals surface area contributed by atoms with Gasteiger partial charge in [-0.2, -0.15) is 14.9 Å². The van der Waals surface area contributed by atoms with Crippen LogP contribution in [0.3, 0.4) is 0 Å². The van der Waals surface area contributed by atoms with Crippen molar-refractivity contribution in [3.8, 4) is 23.0 Å². The molecule has 0 saturated heterocycles. The predicted octanol–water partition coefficient (Wildman–Crippen LogP) is 14.0. The van der Waals surface area contributed by atoms with Gasteiger partial charge in [0.2, 0.25) is 0 Å². The Bertz CT molecular complexity index is 3870. The molecule has 11 aromatic rings. The van der Waals surface area contributed by atoms with Crippen molar-refractivity contribution in [2.75, 3.05) is 10.6 Å². The molecule has 5 heterocycles. The van der Waals surface area contributed by atoms with E-state index in [9.17, 15) is 14.4 Å². The zero-order valence-electron chi connectivity index (χ0n) is 39.8. The molecule has 0 spiro atoms. The minimum atomic E-state index is -0.313. The number of ether oxygens (including phenoxy) is 2. The van der Waals surface area contributed by atoms with Gasteiger partial charge in [-0.15, -0.1) is 34.0 Å². The highest BCUT2D eigenvalue weighted by Crippen LogP contribution is 2.32. The van der Waals surface area contributed by atoms with Crippen LogP contribution >= 0.6 is 34.0 Å². The van der Waals surface area contributed by atoms with Crippen molar-refractivity contribution in [1.82, 2.24) is 34.9 Å². The summed E-state index contributed by atoms with van der Waals surface area (Å²) in [6.45, 7) is 5.73. The third kappa shape index (κ3) is 11.8. The molecule has 0 aliphatic rings. The van der Waals surface area contributed by atoms with Gasteiger partial charge in [-0.25, -0.2) is 15.0 Å². The van der Waals surface area contributed by atoms with E-state index in [-0.39, 0.29) is 17.7 Å². The number of thiazole rings is 3. The van der Waals surface area contributed by atoms with E-state index in [0.717, 1.165) is 47.7 Å². The van der Waals surface area contributed by atoms with Crippen LogP contribution in [0.15, 0.2) is 164 Å². The molecule has 0 aliphatic heterocycles. The highest BCUT2D eigenvalue weighted by molar-refractivity contribution is 7.14. The largest absolute Gasteiger partial charge is 0.457 e. The molecule has 6 aromatic carbocycles. The summed E-state index contributed by atoms with van der Waals surface area (Å²) in [6.07, 6.45) is 12.9. The molecule has 3 N–H and O–H groups in total. The molecule has 17 heteroatoms. The van der Waals surface area contributed by atoms with Crippen LogP contribution in [0.25, 0.3) is 46.1 Å². The zero-order chi connectivity index (χ0) is 51.0. The number of rotatable bonds is 13. The molecule has 0 aliphatic carbocycles. The molecule has 0 saturated carbocycles. The summed E-state index contributed by atoms with van der Waals surface area (Å²) in [4.78, 5) is 53.8. The van der Waals surface area contributed by atoms with Crippen molar-refractivity contribution in [3.63, 3.8) is 0 Å². The van der Waals surface area contributed by atoms with Crippen molar-refractivity contribution in [2.24, 2.45) is 0 Å². The van der Waals surface area contributed by atoms with Crippen LogP contribution in [0.5, 0.6) is 23.0 Å². The SMILES string of the molecule is Cc1cnc(C(=O)Nc2cccc(Oc3ccc4c(/C=C/c5ccccc5)n[nH]c4c3)c2)s1.Cc1cnc(C(=O)Nc2cccc(Oc3ccc4c(/C=C/c5ccccc5)nn(C(=O)c5ncc(C)s5)c4c3)c2)s1. The first kappa shape index (κ1) is 48.5. The Morgan fingerprint density at radius 1 is 0.514 bits per heavy atom. The maximum atomic E-state index is 13.4. The molecular weight excluding hydrogens is 987 g/mol. The number of benzene rings is 6. The van der Waals surface area contributed by atoms with Gasteiger partial charge in [-0.05, 0) is 92.6 Å². The Labute approximate surface area is 436 Å². The quantitative estimate of drug-likeness (QED) is 0.101. The van der Waals surface area contributed by atoms with Crippen LogP contribution in [0.1, 0.15) is 66.6 Å². The van der Waals surface area contributed by atoms with E-state index in [1.807, 2.05) is 154 Å². The lowest BCUT2D eigenvalue weighted by Gasteiger charge is -2.09. The van der Waals surface area contributed by atoms with Crippen LogP contribution in [0, 0.1) is 20.8 Å². The fourth-order valence-corrected chi connectivity index (χ4v) is 9.54. The summed E-state index contributed by atoms with van der Waals surface area (Å²) >= 11 is 4.01. The molecule has 0 radical (unpaired) electrons. The van der Waals surface area contributed by atoms with Crippen LogP contribution in [-0.2, 0) is 0 Å². The number of aromatic nitrogens is 7. The first-order valence-electron chi connectivity index (χ1n) is 23.0. The number of hydrogen-bond donors (Lipinski definition) is 3. The van der Waals surface area contributed by atoms with E-state index >= 15 is 0 Å². The normalized spacial score (nSPS) is 11.2. The number of carbonyl (C=O) groups is 3. The highest BCUT2D eigenvalue weighted by Gasteiger charge is 2.20. The van der Waals surface area contributed by atoms with Crippen LogP contribution in [0.4, 0.5) is 11.4 Å². The van der Waals surface area contributed by atoms with Gasteiger partial charge in [0.05, 0.1) is 22.4 Å². The number of amides is 2. The van der Waals surface area contributed by atoms with Crippen molar-refractivity contribution in [3.05, 3.63) is 216 Å². The second kappa shape index (κ2) is 22.1. The van der Waals surface area contributed by atoms with Gasteiger partial charge >= 0.3 is 5.91 Å². The molecule has 0 unspecified atom stereocenters. The molecule has 364 valence electrons. The third-order valence-corrected chi connectivity index (χ3v) is 13.7. The van der Waals surface area contributed by atoms with E-state index in [1.54, 1.807) is 55.0 Å². The van der Waals surface area contributed by atoms with Gasteiger partial charge in [-0.1, -0.05) is 84.9 Å². The van der Waals surface area contributed by atoms with Crippen molar-refractivity contribution < 1.29 is 23.9 Å². The molecule has 11 rings (SSSR count). The minimum Gasteiger partial charge on any atom is -0.457 e. The van der Waals surface area contributed by atoms with E-state index in [0.29, 0.717) is 60.6 Å². The first-order chi connectivity index (χ1) is 36.1. The number of aromatic amines is 1. The Balaban J connectivity index is 0.000000173. The van der Waals surface area contributed by atoms with Crippen molar-refractivity contribution in [2.45, 2.75) is 20.8 Å². The second-order valence-corrected chi connectivity index (χ2v) is 20.3. The van der Waals surface area contributed by atoms with Crippen LogP contribution < -0.4 is 20.1 Å². The topological polar surface area (TPSA) is 179 Å². The lowest BCUT2D eigenvalue weighted by Crippen LogP contribution is -2.13. The molecule has 14 nitrogen and oxygen atoms in total. The second-order valence-electron chi connectivity index (χ2n) is 16.6. The van der Waals surface area contributed by atoms with Crippen LogP contribution in [0.2, 0.25) is 0 Å². The van der Waals surface area contributed by atoms with Crippen LogP contribution in [-0.4, -0.2) is 52.7 Å². The summed E-state index contributed by atoms with van der Waals surface area (Å²) in [5.74, 6) is 1.49. The Kier molecular flexibility index (Phi) is 14.5. The number of nitrogens with zero attached hydrogens (tertiary/aromatic N) is 6. The number of H-pyrrole nitrogens is 1. The van der Waals surface area contributed by atoms with E-state index in [2.05, 4.69) is 40.9 Å². The summed E-state index contributed by atoms with van der Waals surface area (Å²) in [6, 6.07) is 45.7. The first-order valence-corrected chi connectivity index (χ1v) is 25.5.